The molecule has 0 aliphatic rings. The predicted octanol–water partition coefficient (Wildman–Crippen LogP) is 2.89. The third-order valence-electron chi connectivity index (χ3n) is 2.39. The van der Waals surface area contributed by atoms with Gasteiger partial charge in [-0.15, -0.1) is 0 Å². The van der Waals surface area contributed by atoms with Crippen LogP contribution in [-0.2, 0) is 0 Å². The molecule has 0 fully saturated rings. The van der Waals surface area contributed by atoms with Gasteiger partial charge in [0.15, 0.2) is 0 Å². The van der Waals surface area contributed by atoms with E-state index in [1.54, 1.807) is 6.20 Å². The number of hydrogen-bond acceptors (Lipinski definition) is 2. The number of aromatic nitrogens is 2. The molecule has 0 saturated heterocycles. The predicted molar refractivity (Wildman–Crippen MR) is 61.8 cm³/mol. The zero-order valence-electron chi connectivity index (χ0n) is 8.99. The summed E-state index contributed by atoms with van der Waals surface area (Å²) in [7, 11) is 0. The maximum absolute atomic E-state index is 3.94. The third-order valence-corrected chi connectivity index (χ3v) is 2.39. The van der Waals surface area contributed by atoms with Gasteiger partial charge in [0, 0.05) is 11.9 Å². The normalized spacial score (nSPS) is 12.4. The minimum absolute atomic E-state index is 0.245. The molecule has 0 aliphatic carbocycles. The fourth-order valence-corrected chi connectivity index (χ4v) is 1.57. The molecular weight excluding hydrogens is 186 g/mol. The molecule has 0 radical (unpaired) electrons. The van der Waals surface area contributed by atoms with Crippen LogP contribution in [0, 0.1) is 6.92 Å². The van der Waals surface area contributed by atoms with E-state index in [-0.39, 0.29) is 6.04 Å². The van der Waals surface area contributed by atoms with Gasteiger partial charge < -0.3 is 5.32 Å². The van der Waals surface area contributed by atoms with Crippen molar-refractivity contribution in [2.45, 2.75) is 19.9 Å². The van der Waals surface area contributed by atoms with E-state index in [1.165, 1.54) is 5.56 Å². The van der Waals surface area contributed by atoms with Gasteiger partial charge in [0.2, 0.25) is 0 Å². The Morgan fingerprint density at radius 2 is 2.20 bits per heavy atom. The van der Waals surface area contributed by atoms with Crippen LogP contribution in [0.3, 0.4) is 0 Å². The second-order valence-corrected chi connectivity index (χ2v) is 3.75. The Labute approximate surface area is 89.5 Å². The zero-order chi connectivity index (χ0) is 10.7. The highest BCUT2D eigenvalue weighted by Crippen LogP contribution is 2.17. The van der Waals surface area contributed by atoms with Gasteiger partial charge in [0.05, 0.1) is 11.7 Å². The summed E-state index contributed by atoms with van der Waals surface area (Å²) in [6.45, 7) is 4.20. The molecule has 0 bridgehead atoms. The van der Waals surface area contributed by atoms with E-state index in [4.69, 9.17) is 0 Å². The van der Waals surface area contributed by atoms with Crippen LogP contribution in [0.25, 0.3) is 0 Å². The van der Waals surface area contributed by atoms with E-state index in [9.17, 15) is 0 Å². The Balaban J connectivity index is 2.09. The minimum Gasteiger partial charge on any atom is -0.377 e. The second-order valence-electron chi connectivity index (χ2n) is 3.75. The van der Waals surface area contributed by atoms with Crippen LogP contribution >= 0.6 is 0 Å². The Hall–Kier alpha value is -1.77. The van der Waals surface area contributed by atoms with Gasteiger partial charge in [0.1, 0.15) is 0 Å². The highest BCUT2D eigenvalue weighted by Gasteiger charge is 2.05. The van der Waals surface area contributed by atoms with Crippen molar-refractivity contribution in [3.8, 4) is 0 Å². The topological polar surface area (TPSA) is 40.7 Å². The Bertz CT molecular complexity index is 420. The first kappa shape index (κ1) is 9.77. The molecule has 1 atom stereocenters. The Morgan fingerprint density at radius 1 is 1.33 bits per heavy atom. The van der Waals surface area contributed by atoms with Crippen molar-refractivity contribution < 1.29 is 0 Å². The molecule has 78 valence electrons. The van der Waals surface area contributed by atoms with Gasteiger partial charge in [-0.3, -0.25) is 5.10 Å². The molecule has 1 heterocycles. The number of rotatable bonds is 3. The van der Waals surface area contributed by atoms with E-state index in [1.807, 2.05) is 6.07 Å². The van der Waals surface area contributed by atoms with Crippen LogP contribution in [0.5, 0.6) is 0 Å². The molecular formula is C12H15N3. The number of H-pyrrole nitrogens is 1. The number of benzene rings is 1. The molecule has 3 heteroatoms. The average Bonchev–Trinajstić information content (AvgIpc) is 2.70. The molecule has 2 N–H and O–H groups in total. The van der Waals surface area contributed by atoms with Crippen molar-refractivity contribution in [3.05, 3.63) is 47.8 Å². The quantitative estimate of drug-likeness (QED) is 0.801. The van der Waals surface area contributed by atoms with E-state index in [0.29, 0.717) is 0 Å². The minimum atomic E-state index is 0.245. The Kier molecular flexibility index (Phi) is 2.72. The van der Waals surface area contributed by atoms with Crippen LogP contribution in [0.4, 0.5) is 5.69 Å². The molecule has 1 aromatic heterocycles. The van der Waals surface area contributed by atoms with Gasteiger partial charge in [-0.05, 0) is 37.6 Å². The summed E-state index contributed by atoms with van der Waals surface area (Å²) in [4.78, 5) is 0. The monoisotopic (exact) mass is 201 g/mol. The van der Waals surface area contributed by atoms with Gasteiger partial charge >= 0.3 is 0 Å². The first-order valence-electron chi connectivity index (χ1n) is 5.08. The largest absolute Gasteiger partial charge is 0.377 e. The van der Waals surface area contributed by atoms with Crippen molar-refractivity contribution in [1.82, 2.24) is 10.2 Å². The molecule has 2 aromatic rings. The number of aryl methyl sites for hydroxylation is 1. The summed E-state index contributed by atoms with van der Waals surface area (Å²) < 4.78 is 0. The van der Waals surface area contributed by atoms with E-state index >= 15 is 0 Å². The number of hydrogen-bond donors (Lipinski definition) is 2. The van der Waals surface area contributed by atoms with Crippen molar-refractivity contribution in [2.75, 3.05) is 5.32 Å². The molecule has 0 amide bonds. The van der Waals surface area contributed by atoms with Gasteiger partial charge in [0.25, 0.3) is 0 Å². The summed E-state index contributed by atoms with van der Waals surface area (Å²) in [6, 6.07) is 10.6. The maximum atomic E-state index is 3.94. The third kappa shape index (κ3) is 2.37. The van der Waals surface area contributed by atoms with Crippen molar-refractivity contribution in [1.29, 1.82) is 0 Å². The first-order valence-corrected chi connectivity index (χ1v) is 5.08. The SMILES string of the molecule is Cc1cccc(NC(C)c2ccn[nH]2)c1. The molecule has 15 heavy (non-hydrogen) atoms. The lowest BCUT2D eigenvalue weighted by Gasteiger charge is -2.13. The molecule has 0 saturated carbocycles. The molecule has 0 spiro atoms. The maximum Gasteiger partial charge on any atom is 0.0651 e. The second kappa shape index (κ2) is 4.17. The van der Waals surface area contributed by atoms with E-state index in [2.05, 4.69) is 53.6 Å². The van der Waals surface area contributed by atoms with Crippen LogP contribution < -0.4 is 5.32 Å². The van der Waals surface area contributed by atoms with Crippen molar-refractivity contribution in [2.24, 2.45) is 0 Å². The average molecular weight is 201 g/mol. The lowest BCUT2D eigenvalue weighted by atomic mass is 10.2. The molecule has 3 nitrogen and oxygen atoms in total. The van der Waals surface area contributed by atoms with Crippen LogP contribution in [0.2, 0.25) is 0 Å². The summed E-state index contributed by atoms with van der Waals surface area (Å²) in [5.41, 5.74) is 3.49. The lowest BCUT2D eigenvalue weighted by Crippen LogP contribution is -2.06. The fraction of sp³-hybridized carbons (Fsp3) is 0.250. The summed E-state index contributed by atoms with van der Waals surface area (Å²) >= 11 is 0. The molecule has 1 aromatic carbocycles. The summed E-state index contributed by atoms with van der Waals surface area (Å²) in [6.07, 6.45) is 1.77. The zero-order valence-corrected chi connectivity index (χ0v) is 8.99. The summed E-state index contributed by atoms with van der Waals surface area (Å²) in [5.74, 6) is 0. The standard InChI is InChI=1S/C12H15N3/c1-9-4-3-5-11(8-9)14-10(2)12-6-7-13-15-12/h3-8,10,14H,1-2H3,(H,13,15). The number of aromatic amines is 1. The van der Waals surface area contributed by atoms with Crippen LogP contribution in [0.15, 0.2) is 36.5 Å². The molecule has 1 unspecified atom stereocenters. The summed E-state index contributed by atoms with van der Waals surface area (Å²) in [5, 5.41) is 10.3. The van der Waals surface area contributed by atoms with E-state index in [0.717, 1.165) is 11.4 Å². The highest BCUT2D eigenvalue weighted by molar-refractivity contribution is 5.46. The number of anilines is 1. The van der Waals surface area contributed by atoms with Crippen molar-refractivity contribution in [3.63, 3.8) is 0 Å². The van der Waals surface area contributed by atoms with Crippen LogP contribution in [0.1, 0.15) is 24.2 Å². The van der Waals surface area contributed by atoms with E-state index < -0.39 is 0 Å². The van der Waals surface area contributed by atoms with Crippen LogP contribution in [-0.4, -0.2) is 10.2 Å². The van der Waals surface area contributed by atoms with Gasteiger partial charge in [-0.25, -0.2) is 0 Å². The molecule has 2 rings (SSSR count). The number of nitrogens with one attached hydrogen (secondary N) is 2. The van der Waals surface area contributed by atoms with Gasteiger partial charge in [-0.2, -0.15) is 5.10 Å². The smallest absolute Gasteiger partial charge is 0.0651 e. The lowest BCUT2D eigenvalue weighted by molar-refractivity contribution is 0.825. The van der Waals surface area contributed by atoms with Crippen molar-refractivity contribution >= 4 is 5.69 Å². The Morgan fingerprint density at radius 3 is 2.87 bits per heavy atom. The highest BCUT2D eigenvalue weighted by atomic mass is 15.1. The molecule has 0 aliphatic heterocycles. The number of nitrogens with zero attached hydrogens (tertiary/aromatic N) is 1. The fourth-order valence-electron chi connectivity index (χ4n) is 1.57. The first-order chi connectivity index (χ1) is 7.25. The van der Waals surface area contributed by atoms with Gasteiger partial charge in [-0.1, -0.05) is 12.1 Å².